The Labute approximate surface area is 217 Å². The van der Waals surface area contributed by atoms with E-state index in [4.69, 9.17) is 14.5 Å². The first kappa shape index (κ1) is 24.3. The van der Waals surface area contributed by atoms with Crippen molar-refractivity contribution in [2.24, 2.45) is 5.10 Å². The van der Waals surface area contributed by atoms with E-state index in [1.54, 1.807) is 19.1 Å². The zero-order chi connectivity index (χ0) is 25.1. The number of hydrogen-bond donors (Lipinski definition) is 2. The Morgan fingerprint density at radius 1 is 1.11 bits per heavy atom. The van der Waals surface area contributed by atoms with Crippen LogP contribution in [-0.4, -0.2) is 63.6 Å². The number of rotatable bonds is 9. The molecule has 1 saturated carbocycles. The highest BCUT2D eigenvalue weighted by Gasteiger charge is 2.40. The molecule has 1 aromatic heterocycles. The molecule has 2 aromatic carbocycles. The number of nitrogens with zero attached hydrogens (tertiary/aromatic N) is 3. The van der Waals surface area contributed by atoms with Crippen molar-refractivity contribution in [1.29, 1.82) is 0 Å². The van der Waals surface area contributed by atoms with Gasteiger partial charge in [0.1, 0.15) is 11.5 Å². The van der Waals surface area contributed by atoms with Crippen LogP contribution in [0.1, 0.15) is 12.8 Å². The standard InChI is InChI=1S/C25H25N5O4S2/c1-33-18-9-3-15(4-10-18)22-23(16-5-11-19(34-2)12-6-16)27-24(26-22)35-13-20(31)28-29-25-30(17-7-8-17)21(32)14-36-25/h3-6,9-12,17H,7-8,13-14H2,1-2H3,(H,26,27)(H,28,31)/b29-25-. The number of benzene rings is 2. The van der Waals surface area contributed by atoms with Gasteiger partial charge in [-0.05, 0) is 61.4 Å². The fourth-order valence-corrected chi connectivity index (χ4v) is 5.33. The lowest BCUT2D eigenvalue weighted by molar-refractivity contribution is -0.124. The van der Waals surface area contributed by atoms with Gasteiger partial charge in [-0.3, -0.25) is 14.5 Å². The van der Waals surface area contributed by atoms with Crippen LogP contribution in [0.4, 0.5) is 0 Å². The van der Waals surface area contributed by atoms with E-state index in [0.29, 0.717) is 16.1 Å². The molecule has 0 radical (unpaired) electrons. The van der Waals surface area contributed by atoms with Gasteiger partial charge in [0.2, 0.25) is 5.91 Å². The molecular weight excluding hydrogens is 498 g/mol. The molecule has 2 heterocycles. The Morgan fingerprint density at radius 3 is 2.36 bits per heavy atom. The molecule has 0 bridgehead atoms. The summed E-state index contributed by atoms with van der Waals surface area (Å²) < 4.78 is 10.6. The number of H-pyrrole nitrogens is 1. The summed E-state index contributed by atoms with van der Waals surface area (Å²) >= 11 is 2.64. The van der Waals surface area contributed by atoms with Crippen molar-refractivity contribution >= 4 is 40.5 Å². The summed E-state index contributed by atoms with van der Waals surface area (Å²) in [5, 5.41) is 5.38. The molecule has 1 aliphatic carbocycles. The number of carbonyl (C=O) groups excluding carboxylic acids is 2. The molecule has 2 aliphatic rings. The summed E-state index contributed by atoms with van der Waals surface area (Å²) in [5.41, 5.74) is 6.06. The largest absolute Gasteiger partial charge is 0.497 e. The van der Waals surface area contributed by atoms with Gasteiger partial charge in [0.15, 0.2) is 10.3 Å². The SMILES string of the molecule is COc1ccc(-c2nc(SCC(=O)N/N=C3\SCC(=O)N3C3CC3)[nH]c2-c2ccc(OC)cc2)cc1. The van der Waals surface area contributed by atoms with Gasteiger partial charge in [-0.15, -0.1) is 5.10 Å². The van der Waals surface area contributed by atoms with Crippen LogP contribution in [0.2, 0.25) is 0 Å². The maximum absolute atomic E-state index is 12.5. The van der Waals surface area contributed by atoms with Crippen molar-refractivity contribution in [3.8, 4) is 34.0 Å². The number of amides is 2. The summed E-state index contributed by atoms with van der Waals surface area (Å²) in [6, 6.07) is 15.6. The molecule has 0 unspecified atom stereocenters. The van der Waals surface area contributed by atoms with E-state index in [1.807, 2.05) is 48.5 Å². The second-order valence-electron chi connectivity index (χ2n) is 8.22. The van der Waals surface area contributed by atoms with E-state index < -0.39 is 0 Å². The molecule has 1 saturated heterocycles. The van der Waals surface area contributed by atoms with E-state index in [0.717, 1.165) is 46.9 Å². The fraction of sp³-hybridized carbons (Fsp3) is 0.280. The number of hydrazone groups is 1. The molecule has 2 N–H and O–H groups in total. The maximum Gasteiger partial charge on any atom is 0.250 e. The molecule has 2 amide bonds. The Hall–Kier alpha value is -3.44. The molecule has 3 aromatic rings. The van der Waals surface area contributed by atoms with Gasteiger partial charge in [-0.2, -0.15) is 0 Å². The number of ether oxygens (including phenoxy) is 2. The van der Waals surface area contributed by atoms with Gasteiger partial charge in [-0.25, -0.2) is 10.4 Å². The molecule has 186 valence electrons. The number of amidine groups is 1. The van der Waals surface area contributed by atoms with Gasteiger partial charge in [-0.1, -0.05) is 23.5 Å². The van der Waals surface area contributed by atoms with Crippen LogP contribution in [0.25, 0.3) is 22.5 Å². The molecule has 11 heteroatoms. The van der Waals surface area contributed by atoms with Crippen LogP contribution >= 0.6 is 23.5 Å². The second kappa shape index (κ2) is 10.7. The van der Waals surface area contributed by atoms with Crippen molar-refractivity contribution in [2.45, 2.75) is 24.0 Å². The summed E-state index contributed by atoms with van der Waals surface area (Å²) in [4.78, 5) is 34.4. The fourth-order valence-electron chi connectivity index (χ4n) is 3.77. The second-order valence-corrected chi connectivity index (χ2v) is 10.1. The van der Waals surface area contributed by atoms with Crippen LogP contribution in [0.5, 0.6) is 11.5 Å². The average molecular weight is 524 g/mol. The quantitative estimate of drug-likeness (QED) is 0.323. The minimum atomic E-state index is -0.267. The Morgan fingerprint density at radius 2 is 1.75 bits per heavy atom. The Bertz CT molecular complexity index is 1220. The predicted octanol–water partition coefficient (Wildman–Crippen LogP) is 3.98. The third-order valence-electron chi connectivity index (χ3n) is 5.75. The van der Waals surface area contributed by atoms with Crippen molar-refractivity contribution in [1.82, 2.24) is 20.3 Å². The number of thioether (sulfide) groups is 2. The van der Waals surface area contributed by atoms with Crippen LogP contribution in [0.15, 0.2) is 58.8 Å². The first-order valence-electron chi connectivity index (χ1n) is 11.4. The number of carbonyl (C=O) groups is 2. The Balaban J connectivity index is 1.31. The van der Waals surface area contributed by atoms with E-state index in [2.05, 4.69) is 15.5 Å². The molecule has 9 nitrogen and oxygen atoms in total. The lowest BCUT2D eigenvalue weighted by atomic mass is 10.0. The highest BCUT2D eigenvalue weighted by atomic mass is 32.2. The number of hydrogen-bond acceptors (Lipinski definition) is 8. The zero-order valence-corrected chi connectivity index (χ0v) is 21.4. The number of imidazole rings is 1. The Kier molecular flexibility index (Phi) is 7.19. The lowest BCUT2D eigenvalue weighted by Gasteiger charge is -2.14. The molecule has 36 heavy (non-hydrogen) atoms. The number of methoxy groups -OCH3 is 2. The summed E-state index contributed by atoms with van der Waals surface area (Å²) in [6.45, 7) is 0. The van der Waals surface area contributed by atoms with Crippen molar-refractivity contribution in [3.63, 3.8) is 0 Å². The smallest absolute Gasteiger partial charge is 0.250 e. The minimum absolute atomic E-state index is 0.0533. The number of aromatic amines is 1. The van der Waals surface area contributed by atoms with E-state index >= 15 is 0 Å². The summed E-state index contributed by atoms with van der Waals surface area (Å²) in [5.74, 6) is 1.80. The molecule has 5 rings (SSSR count). The van der Waals surface area contributed by atoms with Gasteiger partial charge >= 0.3 is 0 Å². The predicted molar refractivity (Wildman–Crippen MR) is 141 cm³/mol. The van der Waals surface area contributed by atoms with Crippen molar-refractivity contribution in [3.05, 3.63) is 48.5 Å². The monoisotopic (exact) mass is 523 g/mol. The molecule has 2 fully saturated rings. The lowest BCUT2D eigenvalue weighted by Crippen LogP contribution is -2.33. The highest BCUT2D eigenvalue weighted by Crippen LogP contribution is 2.35. The molecular formula is C25H25N5O4S2. The van der Waals surface area contributed by atoms with Gasteiger partial charge < -0.3 is 14.5 Å². The van der Waals surface area contributed by atoms with E-state index in [1.165, 1.54) is 23.5 Å². The molecule has 0 spiro atoms. The normalized spacial score (nSPS) is 16.4. The first-order chi connectivity index (χ1) is 17.6. The van der Waals surface area contributed by atoms with Gasteiger partial charge in [0, 0.05) is 17.2 Å². The molecule has 1 aliphatic heterocycles. The van der Waals surface area contributed by atoms with Gasteiger partial charge in [0.25, 0.3) is 5.91 Å². The van der Waals surface area contributed by atoms with Crippen molar-refractivity contribution < 1.29 is 19.1 Å². The topological polar surface area (TPSA) is 109 Å². The summed E-state index contributed by atoms with van der Waals surface area (Å²) in [6.07, 6.45) is 1.97. The van der Waals surface area contributed by atoms with Crippen LogP contribution in [-0.2, 0) is 9.59 Å². The summed E-state index contributed by atoms with van der Waals surface area (Å²) in [7, 11) is 3.26. The van der Waals surface area contributed by atoms with Crippen molar-refractivity contribution in [2.75, 3.05) is 25.7 Å². The van der Waals surface area contributed by atoms with Gasteiger partial charge in [0.05, 0.1) is 37.1 Å². The van der Waals surface area contributed by atoms with Crippen LogP contribution in [0, 0.1) is 0 Å². The van der Waals surface area contributed by atoms with Crippen LogP contribution < -0.4 is 14.9 Å². The maximum atomic E-state index is 12.5. The van der Waals surface area contributed by atoms with Crippen LogP contribution in [0.3, 0.4) is 0 Å². The average Bonchev–Trinajstić information content (AvgIpc) is 3.55. The number of nitrogens with one attached hydrogen (secondary N) is 2. The highest BCUT2D eigenvalue weighted by molar-refractivity contribution is 8.15. The first-order valence-corrected chi connectivity index (χ1v) is 13.4. The van der Waals surface area contributed by atoms with E-state index in [-0.39, 0.29) is 23.6 Å². The zero-order valence-electron chi connectivity index (χ0n) is 19.8. The third kappa shape index (κ3) is 5.36. The third-order valence-corrected chi connectivity index (χ3v) is 7.56. The number of aromatic nitrogens is 2. The van der Waals surface area contributed by atoms with E-state index in [9.17, 15) is 9.59 Å². The minimum Gasteiger partial charge on any atom is -0.497 e. The molecule has 0 atom stereocenters.